The van der Waals surface area contributed by atoms with E-state index < -0.39 is 0 Å². The maximum atomic E-state index is 4.87. The van der Waals surface area contributed by atoms with Gasteiger partial charge in [-0.3, -0.25) is 4.98 Å². The Morgan fingerprint density at radius 2 is 1.41 bits per heavy atom. The summed E-state index contributed by atoms with van der Waals surface area (Å²) in [6.45, 7) is 0. The van der Waals surface area contributed by atoms with Crippen molar-refractivity contribution in [2.45, 2.75) is 37.5 Å². The van der Waals surface area contributed by atoms with Crippen molar-refractivity contribution in [3.63, 3.8) is 0 Å². The van der Waals surface area contributed by atoms with E-state index in [9.17, 15) is 0 Å². The maximum absolute atomic E-state index is 4.87. The third kappa shape index (κ3) is 1.80. The molecule has 2 nitrogen and oxygen atoms in total. The van der Waals surface area contributed by atoms with Crippen molar-refractivity contribution in [2.24, 2.45) is 0 Å². The maximum Gasteiger partial charge on any atom is 0.0897 e. The minimum Gasteiger partial charge on any atom is -0.252 e. The van der Waals surface area contributed by atoms with Gasteiger partial charge in [-0.15, -0.1) is 0 Å². The molecule has 108 valence electrons. The second-order valence-corrected chi connectivity index (χ2v) is 6.64. The minimum atomic E-state index is 0.756. The first-order valence-corrected chi connectivity index (χ1v) is 8.24. The van der Waals surface area contributed by atoms with E-state index in [1.54, 1.807) is 11.1 Å². The van der Waals surface area contributed by atoms with E-state index >= 15 is 0 Å². The van der Waals surface area contributed by atoms with Gasteiger partial charge in [-0.05, 0) is 60.8 Å². The Hall–Kier alpha value is -2.22. The van der Waals surface area contributed by atoms with Crippen molar-refractivity contribution in [3.05, 3.63) is 59.8 Å². The average Bonchev–Trinajstić information content (AvgIpc) is 2.61. The van der Waals surface area contributed by atoms with Crippen LogP contribution < -0.4 is 0 Å². The topological polar surface area (TPSA) is 25.8 Å². The molecule has 3 aliphatic rings. The summed E-state index contributed by atoms with van der Waals surface area (Å²) in [6.07, 6.45) is 7.34. The van der Waals surface area contributed by atoms with Crippen LogP contribution in [0.2, 0.25) is 0 Å². The summed E-state index contributed by atoms with van der Waals surface area (Å²) in [6, 6.07) is 14.9. The molecule has 2 heteroatoms. The molecular formula is C20H18N2. The van der Waals surface area contributed by atoms with Crippen molar-refractivity contribution in [3.8, 4) is 11.3 Å². The molecule has 2 bridgehead atoms. The Morgan fingerprint density at radius 1 is 0.773 bits per heavy atom. The summed E-state index contributed by atoms with van der Waals surface area (Å²) in [5, 5.41) is 0. The molecule has 3 aliphatic carbocycles. The average molecular weight is 286 g/mol. The highest BCUT2D eigenvalue weighted by Crippen LogP contribution is 2.49. The fraction of sp³-hybridized carbons (Fsp3) is 0.300. The second-order valence-electron chi connectivity index (χ2n) is 6.64. The first-order chi connectivity index (χ1) is 10.9. The highest BCUT2D eigenvalue weighted by Gasteiger charge is 2.33. The van der Waals surface area contributed by atoms with Crippen LogP contribution in [0.15, 0.2) is 48.7 Å². The molecule has 2 aromatic carbocycles. The van der Waals surface area contributed by atoms with Gasteiger partial charge in [-0.1, -0.05) is 30.3 Å². The van der Waals surface area contributed by atoms with Crippen LogP contribution in [0.1, 0.15) is 48.6 Å². The third-order valence-corrected chi connectivity index (χ3v) is 5.42. The molecule has 6 rings (SSSR count). The van der Waals surface area contributed by atoms with Gasteiger partial charge < -0.3 is 0 Å². The quantitative estimate of drug-likeness (QED) is 0.625. The molecule has 1 saturated carbocycles. The Kier molecular flexibility index (Phi) is 2.60. The van der Waals surface area contributed by atoms with Crippen LogP contribution in [0, 0.1) is 0 Å². The lowest BCUT2D eigenvalue weighted by atomic mass is 9.67. The molecule has 0 unspecified atom stereocenters. The molecule has 3 aromatic rings. The van der Waals surface area contributed by atoms with Crippen molar-refractivity contribution >= 4 is 11.0 Å². The highest BCUT2D eigenvalue weighted by molar-refractivity contribution is 5.79. The fourth-order valence-corrected chi connectivity index (χ4v) is 4.26. The number of aromatic nitrogens is 2. The van der Waals surface area contributed by atoms with Gasteiger partial charge in [0, 0.05) is 5.56 Å². The van der Waals surface area contributed by atoms with Gasteiger partial charge in [0.05, 0.1) is 22.9 Å². The molecule has 1 aromatic heterocycles. The third-order valence-electron chi connectivity index (χ3n) is 5.42. The zero-order chi connectivity index (χ0) is 14.5. The SMILES string of the molecule is c1ccc(-c2cnc3cc4c(cc3n2)C2CCC4CC2)cc1. The van der Waals surface area contributed by atoms with Crippen LogP contribution in [0.5, 0.6) is 0 Å². The second kappa shape index (κ2) is 4.64. The number of hydrogen-bond donors (Lipinski definition) is 0. The van der Waals surface area contributed by atoms with E-state index in [2.05, 4.69) is 29.2 Å². The lowest BCUT2D eigenvalue weighted by molar-refractivity contribution is 0.359. The van der Waals surface area contributed by atoms with Gasteiger partial charge in [0.25, 0.3) is 0 Å². The molecule has 0 spiro atoms. The minimum absolute atomic E-state index is 0.756. The molecule has 1 fully saturated rings. The normalized spacial score (nSPS) is 22.7. The van der Waals surface area contributed by atoms with E-state index in [0.29, 0.717) is 0 Å². The van der Waals surface area contributed by atoms with Crippen LogP contribution in [-0.4, -0.2) is 9.97 Å². The molecule has 0 aliphatic heterocycles. The van der Waals surface area contributed by atoms with E-state index in [0.717, 1.165) is 34.1 Å². The number of fused-ring (bicyclic) bond motifs is 3. The smallest absolute Gasteiger partial charge is 0.0897 e. The van der Waals surface area contributed by atoms with Gasteiger partial charge in [-0.25, -0.2) is 4.98 Å². The lowest BCUT2D eigenvalue weighted by Gasteiger charge is -2.38. The molecule has 0 atom stereocenters. The van der Waals surface area contributed by atoms with E-state index in [1.807, 2.05) is 24.4 Å². The van der Waals surface area contributed by atoms with Gasteiger partial charge in [-0.2, -0.15) is 0 Å². The van der Waals surface area contributed by atoms with E-state index in [-0.39, 0.29) is 0 Å². The summed E-state index contributed by atoms with van der Waals surface area (Å²) in [4.78, 5) is 9.56. The van der Waals surface area contributed by atoms with Crippen LogP contribution >= 0.6 is 0 Å². The summed E-state index contributed by atoms with van der Waals surface area (Å²) >= 11 is 0. The zero-order valence-electron chi connectivity index (χ0n) is 12.5. The number of rotatable bonds is 1. The summed E-state index contributed by atoms with van der Waals surface area (Å²) in [5.41, 5.74) is 7.30. The highest BCUT2D eigenvalue weighted by atomic mass is 14.8. The van der Waals surface area contributed by atoms with Gasteiger partial charge in [0.1, 0.15) is 0 Å². The summed E-state index contributed by atoms with van der Waals surface area (Å²) < 4.78 is 0. The Bertz CT molecular complexity index is 846. The first-order valence-electron chi connectivity index (χ1n) is 8.24. The summed E-state index contributed by atoms with van der Waals surface area (Å²) in [7, 11) is 0. The van der Waals surface area contributed by atoms with Crippen LogP contribution in [0.25, 0.3) is 22.3 Å². The molecular weight excluding hydrogens is 268 g/mol. The van der Waals surface area contributed by atoms with Crippen LogP contribution in [0.3, 0.4) is 0 Å². The van der Waals surface area contributed by atoms with Crippen LogP contribution in [0.4, 0.5) is 0 Å². The predicted molar refractivity (Wildman–Crippen MR) is 88.9 cm³/mol. The largest absolute Gasteiger partial charge is 0.252 e. The summed E-state index contributed by atoms with van der Waals surface area (Å²) in [5.74, 6) is 1.52. The molecule has 0 amide bonds. The van der Waals surface area contributed by atoms with Gasteiger partial charge in [0.15, 0.2) is 0 Å². The fourth-order valence-electron chi connectivity index (χ4n) is 4.26. The molecule has 0 radical (unpaired) electrons. The monoisotopic (exact) mass is 286 g/mol. The van der Waals surface area contributed by atoms with Crippen molar-refractivity contribution in [2.75, 3.05) is 0 Å². The van der Waals surface area contributed by atoms with Gasteiger partial charge in [0.2, 0.25) is 0 Å². The van der Waals surface area contributed by atoms with E-state index in [1.165, 1.54) is 25.7 Å². The first kappa shape index (κ1) is 12.3. The van der Waals surface area contributed by atoms with E-state index in [4.69, 9.17) is 4.98 Å². The predicted octanol–water partition coefficient (Wildman–Crippen LogP) is 5.05. The lowest BCUT2D eigenvalue weighted by Crippen LogP contribution is -2.21. The van der Waals surface area contributed by atoms with Crippen LogP contribution in [-0.2, 0) is 0 Å². The van der Waals surface area contributed by atoms with Gasteiger partial charge >= 0.3 is 0 Å². The number of hydrogen-bond acceptors (Lipinski definition) is 2. The molecule has 1 heterocycles. The molecule has 22 heavy (non-hydrogen) atoms. The van der Waals surface area contributed by atoms with Crippen molar-refractivity contribution < 1.29 is 0 Å². The Morgan fingerprint density at radius 3 is 2.09 bits per heavy atom. The Balaban J connectivity index is 1.69. The van der Waals surface area contributed by atoms with Crippen molar-refractivity contribution in [1.82, 2.24) is 9.97 Å². The Labute approximate surface area is 130 Å². The zero-order valence-corrected chi connectivity index (χ0v) is 12.5. The van der Waals surface area contributed by atoms with Crippen molar-refractivity contribution in [1.29, 1.82) is 0 Å². The molecule has 0 N–H and O–H groups in total. The standard InChI is InChI=1S/C20H18N2/c1-2-4-15(5-3-1)20-12-21-18-10-16-13-6-8-14(9-7-13)17(16)11-19(18)22-20/h1-5,10-14H,6-9H2. The molecule has 0 saturated heterocycles. The number of benzene rings is 2. The number of nitrogens with zero attached hydrogens (tertiary/aromatic N) is 2.